The topological polar surface area (TPSA) is 40.5 Å². The fraction of sp³-hybridized carbons (Fsp3) is 0.500. The average molecular weight is 183 g/mol. The first-order valence-electron chi connectivity index (χ1n) is 4.27. The van der Waals surface area contributed by atoms with Crippen molar-refractivity contribution < 1.29 is 9.90 Å². The molecule has 0 rings (SSSR count). The number of hydrogen-bond acceptors (Lipinski definition) is 2. The van der Waals surface area contributed by atoms with Gasteiger partial charge in [-0.15, -0.1) is 0 Å². The van der Waals surface area contributed by atoms with E-state index in [4.69, 9.17) is 5.11 Å². The molecule has 0 aliphatic carbocycles. The molecule has 0 aliphatic heterocycles. The van der Waals surface area contributed by atoms with Crippen molar-refractivity contribution >= 4 is 5.97 Å². The summed E-state index contributed by atoms with van der Waals surface area (Å²) in [6.07, 6.45) is 5.79. The summed E-state index contributed by atoms with van der Waals surface area (Å²) in [7, 11) is 3.85. The number of rotatable bonds is 5. The lowest BCUT2D eigenvalue weighted by Gasteiger charge is -2.08. The minimum atomic E-state index is -0.833. The molecule has 0 spiro atoms. The molecule has 0 amide bonds. The lowest BCUT2D eigenvalue weighted by molar-refractivity contribution is -0.132. The molecule has 74 valence electrons. The van der Waals surface area contributed by atoms with Crippen LogP contribution in [0, 0.1) is 0 Å². The third-order valence-electron chi connectivity index (χ3n) is 1.59. The van der Waals surface area contributed by atoms with Crippen molar-refractivity contribution in [1.29, 1.82) is 0 Å². The Morgan fingerprint density at radius 3 is 2.46 bits per heavy atom. The van der Waals surface area contributed by atoms with E-state index < -0.39 is 5.97 Å². The van der Waals surface area contributed by atoms with E-state index in [-0.39, 0.29) is 0 Å². The Hall–Kier alpha value is -1.09. The summed E-state index contributed by atoms with van der Waals surface area (Å²) in [4.78, 5) is 12.7. The zero-order valence-electron chi connectivity index (χ0n) is 8.45. The summed E-state index contributed by atoms with van der Waals surface area (Å²) in [5.41, 5.74) is 0.451. The number of aliphatic carboxylic acids is 1. The molecule has 0 heterocycles. The van der Waals surface area contributed by atoms with Crippen LogP contribution in [-0.4, -0.2) is 36.6 Å². The van der Waals surface area contributed by atoms with Gasteiger partial charge in [0, 0.05) is 12.1 Å². The molecular formula is C10H17NO2. The van der Waals surface area contributed by atoms with Crippen LogP contribution in [0.4, 0.5) is 0 Å². The summed E-state index contributed by atoms with van der Waals surface area (Å²) < 4.78 is 0. The largest absolute Gasteiger partial charge is 0.478 e. The van der Waals surface area contributed by atoms with Crippen LogP contribution in [0.3, 0.4) is 0 Å². The van der Waals surface area contributed by atoms with E-state index in [0.717, 1.165) is 6.54 Å². The second kappa shape index (κ2) is 6.43. The van der Waals surface area contributed by atoms with E-state index >= 15 is 0 Å². The first kappa shape index (κ1) is 11.9. The van der Waals surface area contributed by atoms with Gasteiger partial charge in [-0.25, -0.2) is 4.79 Å². The van der Waals surface area contributed by atoms with Crippen LogP contribution in [0.1, 0.15) is 13.3 Å². The molecule has 0 fully saturated rings. The van der Waals surface area contributed by atoms with Crippen molar-refractivity contribution in [1.82, 2.24) is 4.90 Å². The van der Waals surface area contributed by atoms with Crippen LogP contribution in [-0.2, 0) is 4.79 Å². The molecule has 0 saturated heterocycles. The minimum Gasteiger partial charge on any atom is -0.478 e. The number of nitrogens with zero attached hydrogens (tertiary/aromatic N) is 1. The van der Waals surface area contributed by atoms with Crippen molar-refractivity contribution in [2.75, 3.05) is 20.6 Å². The Labute approximate surface area is 79.4 Å². The molecule has 1 N–H and O–H groups in total. The van der Waals surface area contributed by atoms with Gasteiger partial charge in [0.25, 0.3) is 0 Å². The number of carboxylic acid groups (broad SMARTS) is 1. The van der Waals surface area contributed by atoms with E-state index in [0.29, 0.717) is 12.0 Å². The number of hydrogen-bond donors (Lipinski definition) is 1. The van der Waals surface area contributed by atoms with Gasteiger partial charge in [-0.1, -0.05) is 18.2 Å². The van der Waals surface area contributed by atoms with Crippen molar-refractivity contribution in [3.05, 3.63) is 23.8 Å². The molecule has 13 heavy (non-hydrogen) atoms. The van der Waals surface area contributed by atoms with E-state index in [1.807, 2.05) is 32.0 Å². The van der Waals surface area contributed by atoms with Crippen LogP contribution in [0.15, 0.2) is 23.8 Å². The van der Waals surface area contributed by atoms with Crippen LogP contribution in [0.25, 0.3) is 0 Å². The standard InChI is InChI=1S/C10H17NO2/c1-4-5-6-9(10(12)13)7-8-11(2)3/h4-6H,7-8H2,1-3H3,(H,12,13)/b5-4+,9-6+. The summed E-state index contributed by atoms with van der Waals surface area (Å²) in [6, 6.07) is 0. The highest BCUT2D eigenvalue weighted by molar-refractivity contribution is 5.86. The number of carboxylic acids is 1. The van der Waals surface area contributed by atoms with Gasteiger partial charge in [0.05, 0.1) is 0 Å². The van der Waals surface area contributed by atoms with Gasteiger partial charge >= 0.3 is 5.97 Å². The van der Waals surface area contributed by atoms with E-state index in [1.54, 1.807) is 12.2 Å². The maximum Gasteiger partial charge on any atom is 0.331 e. The van der Waals surface area contributed by atoms with E-state index in [1.165, 1.54) is 0 Å². The molecule has 0 radical (unpaired) electrons. The average Bonchev–Trinajstić information content (AvgIpc) is 2.03. The minimum absolute atomic E-state index is 0.451. The maximum absolute atomic E-state index is 10.7. The Bertz CT molecular complexity index is 217. The van der Waals surface area contributed by atoms with Gasteiger partial charge in [0.15, 0.2) is 0 Å². The van der Waals surface area contributed by atoms with Crippen LogP contribution in [0.5, 0.6) is 0 Å². The molecule has 0 atom stereocenters. The Morgan fingerprint density at radius 1 is 1.46 bits per heavy atom. The second-order valence-electron chi connectivity index (χ2n) is 3.08. The molecule has 0 aromatic carbocycles. The van der Waals surface area contributed by atoms with Gasteiger partial charge in [-0.05, 0) is 27.4 Å². The zero-order chi connectivity index (χ0) is 10.3. The Balaban J connectivity index is 4.19. The molecule has 0 aromatic heterocycles. The number of allylic oxidation sites excluding steroid dienone is 3. The first-order chi connectivity index (χ1) is 6.07. The molecule has 3 nitrogen and oxygen atoms in total. The van der Waals surface area contributed by atoms with Crippen molar-refractivity contribution in [2.45, 2.75) is 13.3 Å². The monoisotopic (exact) mass is 183 g/mol. The first-order valence-corrected chi connectivity index (χ1v) is 4.27. The predicted molar refractivity (Wildman–Crippen MR) is 53.7 cm³/mol. The normalized spacial score (nSPS) is 12.8. The smallest absolute Gasteiger partial charge is 0.331 e. The maximum atomic E-state index is 10.7. The molecule has 0 aromatic rings. The lowest BCUT2D eigenvalue weighted by Crippen LogP contribution is -2.15. The quantitative estimate of drug-likeness (QED) is 0.519. The summed E-state index contributed by atoms with van der Waals surface area (Å²) in [5, 5.41) is 8.79. The van der Waals surface area contributed by atoms with Gasteiger partial charge in [0.1, 0.15) is 0 Å². The van der Waals surface area contributed by atoms with E-state index in [9.17, 15) is 4.79 Å². The highest BCUT2D eigenvalue weighted by Crippen LogP contribution is 2.02. The number of carbonyl (C=O) groups is 1. The van der Waals surface area contributed by atoms with Crippen LogP contribution >= 0.6 is 0 Å². The Kier molecular flexibility index (Phi) is 5.89. The van der Waals surface area contributed by atoms with Crippen molar-refractivity contribution in [2.24, 2.45) is 0 Å². The summed E-state index contributed by atoms with van der Waals surface area (Å²) in [6.45, 7) is 2.62. The molecule has 0 unspecified atom stereocenters. The molecule has 3 heteroatoms. The lowest BCUT2D eigenvalue weighted by atomic mass is 10.1. The Morgan fingerprint density at radius 2 is 2.08 bits per heavy atom. The third-order valence-corrected chi connectivity index (χ3v) is 1.59. The highest BCUT2D eigenvalue weighted by atomic mass is 16.4. The van der Waals surface area contributed by atoms with Crippen molar-refractivity contribution in [3.8, 4) is 0 Å². The second-order valence-corrected chi connectivity index (χ2v) is 3.08. The van der Waals surface area contributed by atoms with Gasteiger partial charge in [0.2, 0.25) is 0 Å². The molecular weight excluding hydrogens is 166 g/mol. The third kappa shape index (κ3) is 6.11. The van der Waals surface area contributed by atoms with Gasteiger partial charge in [-0.2, -0.15) is 0 Å². The zero-order valence-corrected chi connectivity index (χ0v) is 8.45. The van der Waals surface area contributed by atoms with Gasteiger partial charge in [-0.3, -0.25) is 0 Å². The predicted octanol–water partition coefficient (Wildman–Crippen LogP) is 1.53. The fourth-order valence-corrected chi connectivity index (χ4v) is 0.818. The van der Waals surface area contributed by atoms with Crippen molar-refractivity contribution in [3.63, 3.8) is 0 Å². The molecule has 0 saturated carbocycles. The summed E-state index contributed by atoms with van der Waals surface area (Å²) in [5.74, 6) is -0.833. The van der Waals surface area contributed by atoms with E-state index in [2.05, 4.69) is 0 Å². The summed E-state index contributed by atoms with van der Waals surface area (Å²) >= 11 is 0. The fourth-order valence-electron chi connectivity index (χ4n) is 0.818. The SMILES string of the molecule is C/C=C/C=C(\CCN(C)C)C(=O)O. The van der Waals surface area contributed by atoms with Crippen LogP contribution in [0.2, 0.25) is 0 Å². The van der Waals surface area contributed by atoms with Crippen LogP contribution < -0.4 is 0 Å². The molecule has 0 bridgehead atoms. The molecule has 0 aliphatic rings. The highest BCUT2D eigenvalue weighted by Gasteiger charge is 2.05. The van der Waals surface area contributed by atoms with Gasteiger partial charge < -0.3 is 10.0 Å².